The molecule has 2 aromatic carbocycles. The minimum atomic E-state index is -0.573. The second-order valence-corrected chi connectivity index (χ2v) is 6.74. The number of aryl methyl sites for hydroxylation is 1. The van der Waals surface area contributed by atoms with Gasteiger partial charge in [-0.3, -0.25) is 24.3 Å². The summed E-state index contributed by atoms with van der Waals surface area (Å²) in [7, 11) is 0. The standard InChI is InChI=1S/C20H15FN6O4/c1-12-8-18(26(24-12)14-3-5-15(6-4-14)27(30)31)23-19(28)10-25-11-22-17-7-2-13(21)9-16(17)20(25)29/h2-9,11H,10H2,1H3,(H,23,28). The average molecular weight is 422 g/mol. The first-order chi connectivity index (χ1) is 14.8. The molecule has 1 N–H and O–H groups in total. The number of rotatable bonds is 5. The lowest BCUT2D eigenvalue weighted by molar-refractivity contribution is -0.384. The number of nitro benzene ring substituents is 1. The maximum absolute atomic E-state index is 13.5. The highest BCUT2D eigenvalue weighted by atomic mass is 19.1. The van der Waals surface area contributed by atoms with Gasteiger partial charge in [-0.15, -0.1) is 0 Å². The topological polar surface area (TPSA) is 125 Å². The zero-order chi connectivity index (χ0) is 22.1. The molecule has 4 aromatic rings. The van der Waals surface area contributed by atoms with Crippen LogP contribution in [-0.4, -0.2) is 30.2 Å². The summed E-state index contributed by atoms with van der Waals surface area (Å²) in [5.74, 6) is -0.775. The summed E-state index contributed by atoms with van der Waals surface area (Å²) >= 11 is 0. The van der Waals surface area contributed by atoms with Gasteiger partial charge in [0.15, 0.2) is 0 Å². The normalized spacial score (nSPS) is 10.9. The number of amides is 1. The van der Waals surface area contributed by atoms with Crippen molar-refractivity contribution in [1.29, 1.82) is 0 Å². The highest BCUT2D eigenvalue weighted by Gasteiger charge is 2.14. The fraction of sp³-hybridized carbons (Fsp3) is 0.100. The minimum Gasteiger partial charge on any atom is -0.309 e. The molecule has 4 rings (SSSR count). The van der Waals surface area contributed by atoms with Gasteiger partial charge < -0.3 is 5.32 Å². The van der Waals surface area contributed by atoms with Crippen LogP contribution in [0, 0.1) is 22.9 Å². The van der Waals surface area contributed by atoms with Crippen molar-refractivity contribution in [3.63, 3.8) is 0 Å². The van der Waals surface area contributed by atoms with Crippen molar-refractivity contribution in [2.45, 2.75) is 13.5 Å². The van der Waals surface area contributed by atoms with E-state index in [1.807, 2.05) is 0 Å². The second kappa shape index (κ2) is 7.78. The third-order valence-electron chi connectivity index (χ3n) is 4.50. The number of carbonyl (C=O) groups excluding carboxylic acids is 1. The molecule has 2 aromatic heterocycles. The number of carbonyl (C=O) groups is 1. The van der Waals surface area contributed by atoms with Crippen molar-refractivity contribution < 1.29 is 14.1 Å². The summed E-state index contributed by atoms with van der Waals surface area (Å²) in [6.07, 6.45) is 1.22. The van der Waals surface area contributed by atoms with Crippen LogP contribution in [0.1, 0.15) is 5.69 Å². The van der Waals surface area contributed by atoms with Gasteiger partial charge in [0, 0.05) is 18.2 Å². The SMILES string of the molecule is Cc1cc(NC(=O)Cn2cnc3ccc(F)cc3c2=O)n(-c2ccc([N+](=O)[O-])cc2)n1. The Hall–Kier alpha value is -4.41. The Bertz CT molecular complexity index is 1380. The third kappa shape index (κ3) is 4.01. The number of nitro groups is 1. The van der Waals surface area contributed by atoms with Crippen molar-refractivity contribution in [2.75, 3.05) is 5.32 Å². The molecular formula is C20H15FN6O4. The molecule has 0 unspecified atom stereocenters. The van der Waals surface area contributed by atoms with E-state index in [1.165, 1.54) is 47.4 Å². The number of nitrogens with zero attached hydrogens (tertiary/aromatic N) is 5. The van der Waals surface area contributed by atoms with Crippen molar-refractivity contribution in [3.8, 4) is 5.69 Å². The van der Waals surface area contributed by atoms with Crippen molar-refractivity contribution >= 4 is 28.3 Å². The molecule has 0 aliphatic rings. The van der Waals surface area contributed by atoms with E-state index in [1.54, 1.807) is 13.0 Å². The molecule has 1 amide bonds. The van der Waals surface area contributed by atoms with Crippen molar-refractivity contribution in [2.24, 2.45) is 0 Å². The van der Waals surface area contributed by atoms with Gasteiger partial charge in [-0.25, -0.2) is 14.1 Å². The van der Waals surface area contributed by atoms with Crippen LogP contribution in [0.15, 0.2) is 59.7 Å². The summed E-state index contributed by atoms with van der Waals surface area (Å²) in [6.45, 7) is 1.38. The number of hydrogen-bond donors (Lipinski definition) is 1. The van der Waals surface area contributed by atoms with E-state index in [0.29, 0.717) is 22.7 Å². The molecule has 0 saturated carbocycles. The van der Waals surface area contributed by atoms with Crippen LogP contribution in [0.5, 0.6) is 0 Å². The van der Waals surface area contributed by atoms with Crippen molar-refractivity contribution in [1.82, 2.24) is 19.3 Å². The molecule has 10 nitrogen and oxygen atoms in total. The van der Waals surface area contributed by atoms with E-state index in [0.717, 1.165) is 10.6 Å². The lowest BCUT2D eigenvalue weighted by atomic mass is 10.2. The second-order valence-electron chi connectivity index (χ2n) is 6.74. The van der Waals surface area contributed by atoms with E-state index >= 15 is 0 Å². The maximum Gasteiger partial charge on any atom is 0.269 e. The van der Waals surface area contributed by atoms with Gasteiger partial charge in [-0.05, 0) is 37.3 Å². The lowest BCUT2D eigenvalue weighted by Crippen LogP contribution is -2.28. The van der Waals surface area contributed by atoms with Gasteiger partial charge in [-0.2, -0.15) is 5.10 Å². The van der Waals surface area contributed by atoms with E-state index < -0.39 is 22.2 Å². The molecule has 0 fully saturated rings. The molecule has 0 spiro atoms. The van der Waals surface area contributed by atoms with E-state index in [9.17, 15) is 24.1 Å². The Morgan fingerprint density at radius 1 is 1.19 bits per heavy atom. The van der Waals surface area contributed by atoms with Crippen LogP contribution in [0.4, 0.5) is 15.9 Å². The Balaban J connectivity index is 1.58. The molecule has 0 aliphatic carbocycles. The molecule has 156 valence electrons. The molecule has 31 heavy (non-hydrogen) atoms. The molecule has 0 saturated heterocycles. The van der Waals surface area contributed by atoms with E-state index in [2.05, 4.69) is 15.4 Å². The van der Waals surface area contributed by atoms with Crippen LogP contribution in [-0.2, 0) is 11.3 Å². The fourth-order valence-electron chi connectivity index (χ4n) is 3.08. The number of fused-ring (bicyclic) bond motifs is 1. The molecule has 11 heteroatoms. The van der Waals surface area contributed by atoms with E-state index in [-0.39, 0.29) is 17.6 Å². The summed E-state index contributed by atoms with van der Waals surface area (Å²) in [6, 6.07) is 11.0. The Morgan fingerprint density at radius 3 is 2.65 bits per heavy atom. The first-order valence-electron chi connectivity index (χ1n) is 9.08. The summed E-state index contributed by atoms with van der Waals surface area (Å²) in [5, 5.41) is 17.9. The Labute approximate surface area is 173 Å². The Morgan fingerprint density at radius 2 is 1.94 bits per heavy atom. The predicted octanol–water partition coefficient (Wildman–Crippen LogP) is 2.58. The zero-order valence-electron chi connectivity index (χ0n) is 16.2. The summed E-state index contributed by atoms with van der Waals surface area (Å²) in [4.78, 5) is 39.5. The molecule has 0 atom stereocenters. The van der Waals surface area contributed by atoms with Crippen molar-refractivity contribution in [3.05, 3.63) is 86.8 Å². The monoisotopic (exact) mass is 422 g/mol. The van der Waals surface area contributed by atoms with Gasteiger partial charge in [0.05, 0.1) is 33.5 Å². The third-order valence-corrected chi connectivity index (χ3v) is 4.50. The number of benzene rings is 2. The van der Waals surface area contributed by atoms with Gasteiger partial charge in [0.1, 0.15) is 18.2 Å². The minimum absolute atomic E-state index is 0.0714. The maximum atomic E-state index is 13.5. The largest absolute Gasteiger partial charge is 0.309 e. The molecule has 0 aliphatic heterocycles. The quantitative estimate of drug-likeness (QED) is 0.389. The molecule has 0 radical (unpaired) electrons. The van der Waals surface area contributed by atoms with Crippen LogP contribution in [0.2, 0.25) is 0 Å². The van der Waals surface area contributed by atoms with Crippen LogP contribution < -0.4 is 10.9 Å². The number of non-ortho nitro benzene ring substituents is 1. The number of aromatic nitrogens is 4. The fourth-order valence-corrected chi connectivity index (χ4v) is 3.08. The van der Waals surface area contributed by atoms with Crippen LogP contribution in [0.25, 0.3) is 16.6 Å². The molecule has 2 heterocycles. The number of hydrogen-bond acceptors (Lipinski definition) is 6. The lowest BCUT2D eigenvalue weighted by Gasteiger charge is -2.10. The van der Waals surface area contributed by atoms with E-state index in [4.69, 9.17) is 0 Å². The summed E-state index contributed by atoms with van der Waals surface area (Å²) < 4.78 is 16.0. The average Bonchev–Trinajstić information content (AvgIpc) is 3.10. The smallest absolute Gasteiger partial charge is 0.269 e. The number of halogens is 1. The highest BCUT2D eigenvalue weighted by Crippen LogP contribution is 2.20. The Kier molecular flexibility index (Phi) is 4.99. The van der Waals surface area contributed by atoms with Crippen LogP contribution in [0.3, 0.4) is 0 Å². The predicted molar refractivity (Wildman–Crippen MR) is 110 cm³/mol. The van der Waals surface area contributed by atoms with Crippen LogP contribution >= 0.6 is 0 Å². The van der Waals surface area contributed by atoms with Gasteiger partial charge >= 0.3 is 0 Å². The summed E-state index contributed by atoms with van der Waals surface area (Å²) in [5.41, 5.74) is 0.829. The first-order valence-corrected chi connectivity index (χ1v) is 9.08. The highest BCUT2D eigenvalue weighted by molar-refractivity contribution is 5.90. The molecule has 0 bridgehead atoms. The first kappa shape index (κ1) is 19.9. The number of nitrogens with one attached hydrogen (secondary N) is 1. The van der Waals surface area contributed by atoms with Gasteiger partial charge in [-0.1, -0.05) is 0 Å². The number of anilines is 1. The zero-order valence-corrected chi connectivity index (χ0v) is 16.2. The van der Waals surface area contributed by atoms with Gasteiger partial charge in [0.2, 0.25) is 5.91 Å². The van der Waals surface area contributed by atoms with Gasteiger partial charge in [0.25, 0.3) is 11.2 Å². The molecular weight excluding hydrogens is 407 g/mol.